The van der Waals surface area contributed by atoms with Gasteiger partial charge in [-0.25, -0.2) is 0 Å². The molecule has 1 N–H and O–H groups in total. The first-order valence-electron chi connectivity index (χ1n) is 5.65. The van der Waals surface area contributed by atoms with E-state index in [1.165, 1.54) is 15.7 Å². The average Bonchev–Trinajstić information content (AvgIpc) is 2.87. The number of hydrogen-bond acceptors (Lipinski definition) is 6. The smallest absolute Gasteiger partial charge is 0.372 e. The quantitative estimate of drug-likeness (QED) is 0.473. The van der Waals surface area contributed by atoms with Gasteiger partial charge in [-0.2, -0.15) is 9.38 Å². The molecule has 0 unspecified atom stereocenters. The van der Waals surface area contributed by atoms with Crippen molar-refractivity contribution in [2.75, 3.05) is 25.1 Å². The van der Waals surface area contributed by atoms with Crippen LogP contribution in [-0.4, -0.2) is 34.1 Å². The number of hydrogen-bond donors (Lipinski definition) is 1. The highest BCUT2D eigenvalue weighted by Crippen LogP contribution is 2.27. The third kappa shape index (κ3) is 2.59. The van der Waals surface area contributed by atoms with Crippen molar-refractivity contribution in [2.24, 2.45) is 0 Å². The Bertz CT molecular complexity index is 536. The van der Waals surface area contributed by atoms with Crippen LogP contribution in [0.15, 0.2) is 11.6 Å². The second kappa shape index (κ2) is 5.78. The number of thiazole rings is 1. The summed E-state index contributed by atoms with van der Waals surface area (Å²) >= 11 is 1.37. The highest BCUT2D eigenvalue weighted by atomic mass is 32.1. The molecule has 7 nitrogen and oxygen atoms in total. The summed E-state index contributed by atoms with van der Waals surface area (Å²) in [4.78, 5) is 15.4. The van der Waals surface area contributed by atoms with Gasteiger partial charge < -0.3 is 20.2 Å². The van der Waals surface area contributed by atoms with E-state index in [-0.39, 0.29) is 5.82 Å². The van der Waals surface area contributed by atoms with E-state index < -0.39 is 4.92 Å². The van der Waals surface area contributed by atoms with Gasteiger partial charge in [-0.15, -0.1) is 0 Å². The summed E-state index contributed by atoms with van der Waals surface area (Å²) in [5.74, 6) is 0.311. The predicted molar refractivity (Wildman–Crippen MR) is 69.3 cm³/mol. The number of aromatic nitrogens is 2. The fourth-order valence-corrected chi connectivity index (χ4v) is 2.30. The normalized spacial score (nSPS) is 10.9. The number of anilines is 1. The first kappa shape index (κ1) is 12.8. The van der Waals surface area contributed by atoms with Crippen LogP contribution in [0.25, 0.3) is 4.96 Å². The second-order valence-electron chi connectivity index (χ2n) is 3.57. The molecule has 2 aromatic heterocycles. The lowest BCUT2D eigenvalue weighted by molar-refractivity contribution is -0.389. The van der Waals surface area contributed by atoms with Gasteiger partial charge in [0, 0.05) is 25.1 Å². The zero-order valence-electron chi connectivity index (χ0n) is 9.96. The molecule has 0 aliphatic rings. The van der Waals surface area contributed by atoms with Crippen LogP contribution < -0.4 is 5.32 Å². The summed E-state index contributed by atoms with van der Waals surface area (Å²) in [6.45, 7) is 3.85. The number of ether oxygens (including phenoxy) is 1. The molecule has 18 heavy (non-hydrogen) atoms. The van der Waals surface area contributed by atoms with Crippen LogP contribution in [0.1, 0.15) is 13.3 Å². The first-order chi connectivity index (χ1) is 8.74. The van der Waals surface area contributed by atoms with E-state index in [0.717, 1.165) is 6.42 Å². The topological polar surface area (TPSA) is 81.7 Å². The van der Waals surface area contributed by atoms with E-state index in [2.05, 4.69) is 10.3 Å². The van der Waals surface area contributed by atoms with E-state index >= 15 is 0 Å². The average molecular weight is 270 g/mol. The molecular formula is C10H14N4O3S. The molecule has 2 aromatic rings. The van der Waals surface area contributed by atoms with E-state index in [1.54, 1.807) is 11.6 Å². The van der Waals surface area contributed by atoms with Gasteiger partial charge in [0.1, 0.15) is 6.20 Å². The van der Waals surface area contributed by atoms with Gasteiger partial charge in [0.05, 0.1) is 0 Å². The van der Waals surface area contributed by atoms with Crippen LogP contribution in [0, 0.1) is 10.1 Å². The number of nitrogens with zero attached hydrogens (tertiary/aromatic N) is 3. The summed E-state index contributed by atoms with van der Waals surface area (Å²) in [5, 5.41) is 15.8. The molecule has 0 spiro atoms. The summed E-state index contributed by atoms with van der Waals surface area (Å²) in [6, 6.07) is 0. The van der Waals surface area contributed by atoms with Crippen LogP contribution in [-0.2, 0) is 4.74 Å². The number of rotatable bonds is 7. The molecule has 0 saturated carbocycles. The Morgan fingerprint density at radius 2 is 2.50 bits per heavy atom. The van der Waals surface area contributed by atoms with Gasteiger partial charge in [0.2, 0.25) is 5.82 Å². The number of nitro groups is 1. The van der Waals surface area contributed by atoms with E-state index in [9.17, 15) is 10.1 Å². The predicted octanol–water partition coefficient (Wildman–Crippen LogP) is 2.14. The molecule has 98 valence electrons. The molecule has 0 bridgehead atoms. The standard InChI is InChI=1S/C10H14N4O3S/c1-2-17-6-3-4-11-8-9(14(15)16)13-5-7-18-10(13)12-8/h5,7,11H,2-4,6H2,1H3. The molecule has 0 aliphatic carbocycles. The maximum atomic E-state index is 11.0. The van der Waals surface area contributed by atoms with Crippen LogP contribution in [0.5, 0.6) is 0 Å². The molecule has 0 radical (unpaired) electrons. The Hall–Kier alpha value is -1.67. The Labute approximate surface area is 108 Å². The monoisotopic (exact) mass is 270 g/mol. The van der Waals surface area contributed by atoms with Crippen molar-refractivity contribution in [2.45, 2.75) is 13.3 Å². The molecule has 0 saturated heterocycles. The van der Waals surface area contributed by atoms with Crippen LogP contribution in [0.4, 0.5) is 11.6 Å². The fraction of sp³-hybridized carbons (Fsp3) is 0.500. The Kier molecular flexibility index (Phi) is 4.11. The van der Waals surface area contributed by atoms with Gasteiger partial charge >= 0.3 is 5.82 Å². The first-order valence-corrected chi connectivity index (χ1v) is 6.53. The Morgan fingerprint density at radius 3 is 3.22 bits per heavy atom. The number of imidazole rings is 1. The second-order valence-corrected chi connectivity index (χ2v) is 4.45. The molecule has 8 heteroatoms. The lowest BCUT2D eigenvalue weighted by atomic mass is 10.4. The van der Waals surface area contributed by atoms with Crippen molar-refractivity contribution in [1.82, 2.24) is 9.38 Å². The summed E-state index contributed by atoms with van der Waals surface area (Å²) in [6.07, 6.45) is 2.44. The molecule has 0 atom stereocenters. The lowest BCUT2D eigenvalue weighted by Crippen LogP contribution is -2.07. The van der Waals surface area contributed by atoms with Gasteiger partial charge in [-0.3, -0.25) is 0 Å². The minimum Gasteiger partial charge on any atom is -0.382 e. The number of fused-ring (bicyclic) bond motifs is 1. The molecule has 0 aliphatic heterocycles. The molecule has 2 heterocycles. The van der Waals surface area contributed by atoms with Crippen molar-refractivity contribution < 1.29 is 9.66 Å². The maximum absolute atomic E-state index is 11.0. The van der Waals surface area contributed by atoms with E-state index in [1.807, 2.05) is 6.92 Å². The van der Waals surface area contributed by atoms with Crippen molar-refractivity contribution in [3.05, 3.63) is 21.7 Å². The molecule has 0 fully saturated rings. The summed E-state index contributed by atoms with van der Waals surface area (Å²) < 4.78 is 6.68. The van der Waals surface area contributed by atoms with E-state index in [0.29, 0.717) is 30.5 Å². The SMILES string of the molecule is CCOCCCNc1nc2sccn2c1[N+](=O)[O-]. The Morgan fingerprint density at radius 1 is 1.67 bits per heavy atom. The Balaban J connectivity index is 2.05. The highest BCUT2D eigenvalue weighted by Gasteiger charge is 2.22. The van der Waals surface area contributed by atoms with E-state index in [4.69, 9.17) is 4.74 Å². The van der Waals surface area contributed by atoms with Crippen LogP contribution in [0.3, 0.4) is 0 Å². The summed E-state index contributed by atoms with van der Waals surface area (Å²) in [7, 11) is 0. The fourth-order valence-electron chi connectivity index (χ4n) is 1.59. The third-order valence-corrected chi connectivity index (χ3v) is 3.13. The molecule has 0 amide bonds. The third-order valence-electron chi connectivity index (χ3n) is 2.37. The zero-order chi connectivity index (χ0) is 13.0. The zero-order valence-corrected chi connectivity index (χ0v) is 10.8. The number of nitrogens with one attached hydrogen (secondary N) is 1. The summed E-state index contributed by atoms with van der Waals surface area (Å²) in [5.41, 5.74) is 0. The highest BCUT2D eigenvalue weighted by molar-refractivity contribution is 7.15. The largest absolute Gasteiger partial charge is 0.382 e. The van der Waals surface area contributed by atoms with Crippen molar-refractivity contribution >= 4 is 27.9 Å². The van der Waals surface area contributed by atoms with Crippen molar-refractivity contribution in [3.8, 4) is 0 Å². The minimum absolute atomic E-state index is 0.0114. The van der Waals surface area contributed by atoms with Crippen LogP contribution >= 0.6 is 11.3 Å². The molecular weight excluding hydrogens is 256 g/mol. The van der Waals surface area contributed by atoms with Crippen molar-refractivity contribution in [3.63, 3.8) is 0 Å². The molecule has 0 aromatic carbocycles. The van der Waals surface area contributed by atoms with Gasteiger partial charge in [-0.1, -0.05) is 11.3 Å². The van der Waals surface area contributed by atoms with Gasteiger partial charge in [-0.05, 0) is 18.3 Å². The van der Waals surface area contributed by atoms with Crippen molar-refractivity contribution in [1.29, 1.82) is 0 Å². The molecule has 2 rings (SSSR count). The lowest BCUT2D eigenvalue weighted by Gasteiger charge is -2.03. The van der Waals surface area contributed by atoms with Gasteiger partial charge in [0.15, 0.2) is 0 Å². The van der Waals surface area contributed by atoms with Gasteiger partial charge in [0.25, 0.3) is 4.96 Å². The minimum atomic E-state index is -0.419. The van der Waals surface area contributed by atoms with Crippen LogP contribution in [0.2, 0.25) is 0 Å². The maximum Gasteiger partial charge on any atom is 0.372 e.